The van der Waals surface area contributed by atoms with Gasteiger partial charge in [-0.3, -0.25) is 0 Å². The molecular formula is C29H44O9. The van der Waals surface area contributed by atoms with Gasteiger partial charge in [0.15, 0.2) is 6.29 Å². The van der Waals surface area contributed by atoms with E-state index >= 15 is 0 Å². The predicted molar refractivity (Wildman–Crippen MR) is 134 cm³/mol. The van der Waals surface area contributed by atoms with Crippen molar-refractivity contribution < 1.29 is 44.5 Å². The second kappa shape index (κ2) is 9.23. The summed E-state index contributed by atoms with van der Waals surface area (Å²) in [4.78, 5) is 11.8. The quantitative estimate of drug-likeness (QED) is 0.267. The molecule has 9 heteroatoms. The Bertz CT molecular complexity index is 985. The Kier molecular flexibility index (Phi) is 6.58. The van der Waals surface area contributed by atoms with E-state index in [1.165, 1.54) is 0 Å². The van der Waals surface area contributed by atoms with Gasteiger partial charge in [0.1, 0.15) is 24.9 Å². The maximum absolute atomic E-state index is 12.4. The van der Waals surface area contributed by atoms with Crippen molar-refractivity contribution in [1.82, 2.24) is 0 Å². The van der Waals surface area contributed by atoms with E-state index in [1.54, 1.807) is 13.0 Å². The maximum atomic E-state index is 12.4. The highest BCUT2D eigenvalue weighted by Gasteiger charge is 2.70. The van der Waals surface area contributed by atoms with E-state index in [0.717, 1.165) is 44.1 Å². The molecule has 6 rings (SSSR count). The molecule has 214 valence electrons. The highest BCUT2D eigenvalue weighted by atomic mass is 16.7. The first-order valence-electron chi connectivity index (χ1n) is 14.5. The third-order valence-corrected chi connectivity index (χ3v) is 12.2. The normalized spacial score (nSPS) is 56.5. The van der Waals surface area contributed by atoms with E-state index in [0.29, 0.717) is 18.8 Å². The minimum absolute atomic E-state index is 0.0559. The smallest absolute Gasteiger partial charge is 0.331 e. The molecule has 38 heavy (non-hydrogen) atoms. The topological polar surface area (TPSA) is 146 Å². The van der Waals surface area contributed by atoms with E-state index in [-0.39, 0.29) is 41.8 Å². The van der Waals surface area contributed by atoms with Crippen molar-refractivity contribution >= 4 is 5.97 Å². The minimum Gasteiger partial charge on any atom is -0.458 e. The van der Waals surface area contributed by atoms with Gasteiger partial charge in [0.05, 0.1) is 23.9 Å². The third-order valence-electron chi connectivity index (χ3n) is 12.2. The van der Waals surface area contributed by atoms with Gasteiger partial charge in [-0.05, 0) is 93.0 Å². The van der Waals surface area contributed by atoms with Crippen molar-refractivity contribution in [3.63, 3.8) is 0 Å². The molecular weight excluding hydrogens is 492 g/mol. The molecule has 0 amide bonds. The van der Waals surface area contributed by atoms with Crippen molar-refractivity contribution in [1.29, 1.82) is 0 Å². The second-order valence-electron chi connectivity index (χ2n) is 13.6. The van der Waals surface area contributed by atoms with Gasteiger partial charge in [0.25, 0.3) is 0 Å². The lowest BCUT2D eigenvalue weighted by atomic mass is 9.42. The molecule has 5 fully saturated rings. The highest BCUT2D eigenvalue weighted by molar-refractivity contribution is 5.85. The molecule has 0 aromatic rings. The average Bonchev–Trinajstić information content (AvgIpc) is 3.43. The lowest BCUT2D eigenvalue weighted by Crippen LogP contribution is -2.67. The van der Waals surface area contributed by atoms with Crippen molar-refractivity contribution in [2.24, 2.45) is 34.5 Å². The van der Waals surface area contributed by atoms with Crippen molar-refractivity contribution in [2.45, 2.75) is 121 Å². The second-order valence-corrected chi connectivity index (χ2v) is 13.6. The molecule has 5 N–H and O–H groups in total. The Morgan fingerprint density at radius 3 is 2.42 bits per heavy atom. The van der Waals surface area contributed by atoms with E-state index in [1.807, 2.05) is 6.92 Å². The zero-order chi connectivity index (χ0) is 27.2. The van der Waals surface area contributed by atoms with Crippen LogP contribution in [0.4, 0.5) is 0 Å². The van der Waals surface area contributed by atoms with Crippen LogP contribution in [-0.4, -0.2) is 86.6 Å². The number of aliphatic hydroxyl groups excluding tert-OH is 4. The number of carbonyl (C=O) groups is 1. The summed E-state index contributed by atoms with van der Waals surface area (Å²) in [6.45, 7) is 6.25. The summed E-state index contributed by atoms with van der Waals surface area (Å²) >= 11 is 0. The Morgan fingerprint density at radius 2 is 1.71 bits per heavy atom. The summed E-state index contributed by atoms with van der Waals surface area (Å²) in [6, 6.07) is 0. The monoisotopic (exact) mass is 536 g/mol. The lowest BCUT2D eigenvalue weighted by molar-refractivity contribution is -0.311. The summed E-state index contributed by atoms with van der Waals surface area (Å²) < 4.78 is 17.1. The molecule has 0 radical (unpaired) electrons. The van der Waals surface area contributed by atoms with Crippen LogP contribution in [0.3, 0.4) is 0 Å². The van der Waals surface area contributed by atoms with Crippen molar-refractivity contribution in [3.05, 3.63) is 11.6 Å². The minimum atomic E-state index is -1.31. The first-order chi connectivity index (χ1) is 17.9. The zero-order valence-electron chi connectivity index (χ0n) is 22.7. The number of ether oxygens (including phenoxy) is 3. The van der Waals surface area contributed by atoms with Crippen LogP contribution in [0.15, 0.2) is 11.6 Å². The third kappa shape index (κ3) is 3.72. The number of aliphatic hydroxyl groups is 5. The zero-order valence-corrected chi connectivity index (χ0v) is 22.7. The summed E-state index contributed by atoms with van der Waals surface area (Å²) in [7, 11) is 0. The molecule has 6 aliphatic rings. The Hall–Kier alpha value is -1.07. The predicted octanol–water partition coefficient (Wildman–Crippen LogP) is 1.43. The molecule has 2 aliphatic heterocycles. The number of rotatable bonds is 3. The molecule has 4 saturated carbocycles. The van der Waals surface area contributed by atoms with Crippen LogP contribution in [0.2, 0.25) is 0 Å². The van der Waals surface area contributed by atoms with Crippen molar-refractivity contribution in [2.75, 3.05) is 6.61 Å². The standard InChI is InChI=1S/C29H44O9/c1-14-23(32)24(33)25(34)26(37-14)38-17-6-8-27(2)16(11-17)4-5-19-20(27)12-21(30)28(3)18(7-9-29(19,28)35)15-10-22(31)36-13-15/h10,14,16-21,23-26,30,32-35H,4-9,11-13H2,1-3H3/t14-,16-,17+,18-,19-,20+,21-,23+,24+,25-,26+,27+,28+,29+/m1/s1. The largest absolute Gasteiger partial charge is 0.458 e. The molecule has 1 saturated heterocycles. The SMILES string of the molecule is C[C@H]1O[C@@H](O[C@H]2CC[C@@]3(C)[C@H](CC[C@@H]4[C@@H]3C[C@@H](O)[C@]3(C)[C@@H](C5=CC(=O)OC5)CC[C@]43O)C2)[C@H](O)[C@@H](O)[C@H]1O. The molecule has 0 bridgehead atoms. The molecule has 14 atom stereocenters. The van der Waals surface area contributed by atoms with Crippen molar-refractivity contribution in [3.8, 4) is 0 Å². The van der Waals surface area contributed by atoms with Crippen LogP contribution in [0, 0.1) is 34.5 Å². The first-order valence-corrected chi connectivity index (χ1v) is 14.5. The Balaban J connectivity index is 1.19. The van der Waals surface area contributed by atoms with Gasteiger partial charge < -0.3 is 39.7 Å². The average molecular weight is 537 g/mol. The van der Waals surface area contributed by atoms with E-state index in [2.05, 4.69) is 6.92 Å². The molecule has 4 aliphatic carbocycles. The van der Waals surface area contributed by atoms with Gasteiger partial charge >= 0.3 is 5.97 Å². The van der Waals surface area contributed by atoms with Crippen LogP contribution in [0.25, 0.3) is 0 Å². The highest BCUT2D eigenvalue weighted by Crippen LogP contribution is 2.70. The van der Waals surface area contributed by atoms with Gasteiger partial charge in [-0.25, -0.2) is 4.79 Å². The molecule has 2 heterocycles. The number of fused-ring (bicyclic) bond motifs is 5. The van der Waals surface area contributed by atoms with Gasteiger partial charge in [-0.2, -0.15) is 0 Å². The number of cyclic esters (lactones) is 1. The van der Waals surface area contributed by atoms with Gasteiger partial charge in [0.2, 0.25) is 0 Å². The molecule has 9 nitrogen and oxygen atoms in total. The first kappa shape index (κ1) is 27.1. The van der Waals surface area contributed by atoms with E-state index < -0.39 is 47.8 Å². The number of carbonyl (C=O) groups excluding carboxylic acids is 1. The summed E-state index contributed by atoms with van der Waals surface area (Å²) in [5, 5.41) is 54.7. The van der Waals surface area contributed by atoms with Crippen LogP contribution < -0.4 is 0 Å². The molecule has 0 unspecified atom stereocenters. The van der Waals surface area contributed by atoms with Crippen LogP contribution in [0.1, 0.15) is 72.1 Å². The lowest BCUT2D eigenvalue weighted by Gasteiger charge is -2.65. The summed E-state index contributed by atoms with van der Waals surface area (Å²) in [5.41, 5.74) is -0.864. The number of hydrogen-bond acceptors (Lipinski definition) is 9. The number of hydrogen-bond donors (Lipinski definition) is 5. The fourth-order valence-corrected chi connectivity index (χ4v) is 9.79. The fraction of sp³-hybridized carbons (Fsp3) is 0.897. The Morgan fingerprint density at radius 1 is 0.947 bits per heavy atom. The van der Waals surface area contributed by atoms with Gasteiger partial charge in [-0.1, -0.05) is 13.8 Å². The van der Waals surface area contributed by atoms with Crippen LogP contribution in [-0.2, 0) is 19.0 Å². The molecule has 0 aromatic heterocycles. The number of esters is 1. The summed E-state index contributed by atoms with van der Waals surface area (Å²) in [6.07, 6.45) is 1.60. The van der Waals surface area contributed by atoms with Crippen LogP contribution >= 0.6 is 0 Å². The Labute approximate surface area is 224 Å². The summed E-state index contributed by atoms with van der Waals surface area (Å²) in [5.74, 6) is 0.206. The molecule has 0 aromatic carbocycles. The molecule has 0 spiro atoms. The van der Waals surface area contributed by atoms with E-state index in [9.17, 15) is 30.3 Å². The van der Waals surface area contributed by atoms with E-state index in [4.69, 9.17) is 14.2 Å². The van der Waals surface area contributed by atoms with Gasteiger partial charge in [-0.15, -0.1) is 0 Å². The van der Waals surface area contributed by atoms with Crippen LogP contribution in [0.5, 0.6) is 0 Å². The maximum Gasteiger partial charge on any atom is 0.331 e. The van der Waals surface area contributed by atoms with Gasteiger partial charge in [0, 0.05) is 11.5 Å². The fourth-order valence-electron chi connectivity index (χ4n) is 9.79.